The molecule has 68 valence electrons. The standard InChI is InChI=1S/C9H8BrFN2/c10-2-1-6-4-12-9-8(6)3-7(11)5-13-9/h3-5H,1-2H2,(H,12,13). The third-order valence-electron chi connectivity index (χ3n) is 1.95. The van der Waals surface area contributed by atoms with Gasteiger partial charge in [-0.15, -0.1) is 0 Å². The highest BCUT2D eigenvalue weighted by Gasteiger charge is 2.04. The molecule has 4 heteroatoms. The van der Waals surface area contributed by atoms with Gasteiger partial charge >= 0.3 is 0 Å². The Morgan fingerprint density at radius 2 is 2.38 bits per heavy atom. The van der Waals surface area contributed by atoms with E-state index < -0.39 is 0 Å². The van der Waals surface area contributed by atoms with Crippen molar-refractivity contribution in [1.29, 1.82) is 0 Å². The fourth-order valence-electron chi connectivity index (χ4n) is 1.34. The van der Waals surface area contributed by atoms with Crippen molar-refractivity contribution in [1.82, 2.24) is 9.97 Å². The highest BCUT2D eigenvalue weighted by molar-refractivity contribution is 9.09. The van der Waals surface area contributed by atoms with Crippen molar-refractivity contribution < 1.29 is 4.39 Å². The van der Waals surface area contributed by atoms with Crippen LogP contribution >= 0.6 is 15.9 Å². The highest BCUT2D eigenvalue weighted by atomic mass is 79.9. The molecule has 2 aromatic rings. The molecule has 0 spiro atoms. The summed E-state index contributed by atoms with van der Waals surface area (Å²) in [6.07, 6.45) is 3.97. The van der Waals surface area contributed by atoms with Gasteiger partial charge in [0.2, 0.25) is 0 Å². The van der Waals surface area contributed by atoms with E-state index in [4.69, 9.17) is 0 Å². The van der Waals surface area contributed by atoms with Gasteiger partial charge in [0.25, 0.3) is 0 Å². The van der Waals surface area contributed by atoms with Crippen LogP contribution in [0.3, 0.4) is 0 Å². The lowest BCUT2D eigenvalue weighted by Crippen LogP contribution is -1.84. The number of aromatic nitrogens is 2. The number of hydrogen-bond acceptors (Lipinski definition) is 1. The molecule has 0 aliphatic carbocycles. The second-order valence-electron chi connectivity index (χ2n) is 2.80. The SMILES string of the molecule is Fc1cnc2[nH]cc(CCBr)c2c1. The van der Waals surface area contributed by atoms with Crippen LogP contribution in [0.1, 0.15) is 5.56 Å². The number of pyridine rings is 1. The Kier molecular flexibility index (Phi) is 2.31. The van der Waals surface area contributed by atoms with E-state index >= 15 is 0 Å². The number of H-pyrrole nitrogens is 1. The molecular weight excluding hydrogens is 235 g/mol. The molecule has 0 fully saturated rings. The smallest absolute Gasteiger partial charge is 0.142 e. The van der Waals surface area contributed by atoms with E-state index in [0.717, 1.165) is 28.3 Å². The zero-order chi connectivity index (χ0) is 9.26. The monoisotopic (exact) mass is 242 g/mol. The Bertz CT molecular complexity index is 424. The Balaban J connectivity index is 2.58. The van der Waals surface area contributed by atoms with Crippen molar-refractivity contribution in [3.63, 3.8) is 0 Å². The van der Waals surface area contributed by atoms with Crippen LogP contribution in [0.15, 0.2) is 18.5 Å². The van der Waals surface area contributed by atoms with Crippen LogP contribution in [-0.2, 0) is 6.42 Å². The van der Waals surface area contributed by atoms with Gasteiger partial charge < -0.3 is 4.98 Å². The van der Waals surface area contributed by atoms with Gasteiger partial charge in [-0.25, -0.2) is 9.37 Å². The molecule has 0 saturated heterocycles. The fourth-order valence-corrected chi connectivity index (χ4v) is 1.77. The third-order valence-corrected chi connectivity index (χ3v) is 2.34. The first-order valence-corrected chi connectivity index (χ1v) is 5.11. The van der Waals surface area contributed by atoms with E-state index in [1.54, 1.807) is 0 Å². The Morgan fingerprint density at radius 3 is 3.15 bits per heavy atom. The minimum Gasteiger partial charge on any atom is -0.346 e. The predicted octanol–water partition coefficient (Wildman–Crippen LogP) is 2.64. The van der Waals surface area contributed by atoms with Gasteiger partial charge in [-0.05, 0) is 18.1 Å². The molecule has 0 saturated carbocycles. The highest BCUT2D eigenvalue weighted by Crippen LogP contribution is 2.17. The van der Waals surface area contributed by atoms with Crippen LogP contribution in [0, 0.1) is 5.82 Å². The van der Waals surface area contributed by atoms with E-state index in [9.17, 15) is 4.39 Å². The summed E-state index contributed by atoms with van der Waals surface area (Å²) in [5.41, 5.74) is 1.84. The maximum atomic E-state index is 12.8. The molecule has 2 rings (SSSR count). The average molecular weight is 243 g/mol. The minimum absolute atomic E-state index is 0.289. The molecular formula is C9H8BrFN2. The summed E-state index contributed by atoms with van der Waals surface area (Å²) in [4.78, 5) is 6.94. The van der Waals surface area contributed by atoms with Crippen molar-refractivity contribution in [3.05, 3.63) is 29.8 Å². The molecule has 0 atom stereocenters. The van der Waals surface area contributed by atoms with E-state index in [2.05, 4.69) is 25.9 Å². The molecule has 0 unspecified atom stereocenters. The number of nitrogens with zero attached hydrogens (tertiary/aromatic N) is 1. The summed E-state index contributed by atoms with van der Waals surface area (Å²) in [5, 5.41) is 1.75. The first-order chi connectivity index (χ1) is 6.31. The second kappa shape index (κ2) is 3.46. The lowest BCUT2D eigenvalue weighted by molar-refractivity contribution is 0.624. The average Bonchev–Trinajstić information content (AvgIpc) is 2.49. The van der Waals surface area contributed by atoms with E-state index in [1.807, 2.05) is 6.20 Å². The first kappa shape index (κ1) is 8.69. The van der Waals surface area contributed by atoms with E-state index in [0.29, 0.717) is 0 Å². The Hall–Kier alpha value is -0.900. The maximum Gasteiger partial charge on any atom is 0.142 e. The van der Waals surface area contributed by atoms with Crippen LogP contribution < -0.4 is 0 Å². The summed E-state index contributed by atoms with van der Waals surface area (Å²) < 4.78 is 12.8. The zero-order valence-electron chi connectivity index (χ0n) is 6.85. The van der Waals surface area contributed by atoms with Crippen molar-refractivity contribution >= 4 is 27.0 Å². The lowest BCUT2D eigenvalue weighted by Gasteiger charge is -1.94. The number of rotatable bonds is 2. The number of nitrogens with one attached hydrogen (secondary N) is 1. The maximum absolute atomic E-state index is 12.8. The number of halogens is 2. The predicted molar refractivity (Wildman–Crippen MR) is 53.5 cm³/mol. The molecule has 13 heavy (non-hydrogen) atoms. The van der Waals surface area contributed by atoms with Gasteiger partial charge in [0, 0.05) is 16.9 Å². The summed E-state index contributed by atoms with van der Waals surface area (Å²) in [6, 6.07) is 1.51. The normalized spacial score (nSPS) is 10.9. The van der Waals surface area contributed by atoms with Crippen molar-refractivity contribution in [2.75, 3.05) is 5.33 Å². The summed E-state index contributed by atoms with van der Waals surface area (Å²) in [5.74, 6) is -0.289. The van der Waals surface area contributed by atoms with Gasteiger partial charge in [-0.1, -0.05) is 15.9 Å². The van der Waals surface area contributed by atoms with Gasteiger partial charge in [0.15, 0.2) is 0 Å². The minimum atomic E-state index is -0.289. The first-order valence-electron chi connectivity index (χ1n) is 3.98. The van der Waals surface area contributed by atoms with Gasteiger partial charge in [-0.3, -0.25) is 0 Å². The number of hydrogen-bond donors (Lipinski definition) is 1. The number of aryl methyl sites for hydroxylation is 1. The summed E-state index contributed by atoms with van der Waals surface area (Å²) in [6.45, 7) is 0. The van der Waals surface area contributed by atoms with Crippen molar-refractivity contribution in [2.24, 2.45) is 0 Å². The molecule has 0 aromatic carbocycles. The van der Waals surface area contributed by atoms with Crippen LogP contribution in [0.5, 0.6) is 0 Å². The van der Waals surface area contributed by atoms with Crippen LogP contribution in [0.25, 0.3) is 11.0 Å². The molecule has 1 N–H and O–H groups in total. The van der Waals surface area contributed by atoms with Crippen LogP contribution in [0.2, 0.25) is 0 Å². The van der Waals surface area contributed by atoms with Crippen molar-refractivity contribution in [2.45, 2.75) is 6.42 Å². The van der Waals surface area contributed by atoms with E-state index in [-0.39, 0.29) is 5.82 Å². The molecule has 0 radical (unpaired) electrons. The molecule has 2 aromatic heterocycles. The fraction of sp³-hybridized carbons (Fsp3) is 0.222. The molecule has 0 bridgehead atoms. The van der Waals surface area contributed by atoms with Gasteiger partial charge in [0.05, 0.1) is 6.20 Å². The molecule has 0 amide bonds. The molecule has 0 aliphatic rings. The van der Waals surface area contributed by atoms with E-state index in [1.165, 1.54) is 12.3 Å². The Labute approximate surface area is 83.3 Å². The molecule has 2 heterocycles. The van der Waals surface area contributed by atoms with Crippen LogP contribution in [0.4, 0.5) is 4.39 Å². The summed E-state index contributed by atoms with van der Waals surface area (Å²) in [7, 11) is 0. The number of alkyl halides is 1. The third kappa shape index (κ3) is 1.58. The largest absolute Gasteiger partial charge is 0.346 e. The summed E-state index contributed by atoms with van der Waals surface area (Å²) >= 11 is 3.35. The van der Waals surface area contributed by atoms with Gasteiger partial charge in [0.1, 0.15) is 11.5 Å². The topological polar surface area (TPSA) is 28.7 Å². The zero-order valence-corrected chi connectivity index (χ0v) is 8.44. The second-order valence-corrected chi connectivity index (χ2v) is 3.60. The van der Waals surface area contributed by atoms with Gasteiger partial charge in [-0.2, -0.15) is 0 Å². The number of aromatic amines is 1. The molecule has 0 aliphatic heterocycles. The van der Waals surface area contributed by atoms with Crippen LogP contribution in [-0.4, -0.2) is 15.3 Å². The molecule has 2 nitrogen and oxygen atoms in total. The van der Waals surface area contributed by atoms with Crippen molar-refractivity contribution in [3.8, 4) is 0 Å². The lowest BCUT2D eigenvalue weighted by atomic mass is 10.2. The quantitative estimate of drug-likeness (QED) is 0.807. The number of fused-ring (bicyclic) bond motifs is 1. The Morgan fingerprint density at radius 1 is 1.54 bits per heavy atom.